The zero-order chi connectivity index (χ0) is 12.8. The molecule has 90 valence electrons. The van der Waals surface area contributed by atoms with Gasteiger partial charge in [0.05, 0.1) is 6.61 Å². The normalized spacial score (nSPS) is 11.1. The maximum Gasteiger partial charge on any atom is 0.373 e. The van der Waals surface area contributed by atoms with Gasteiger partial charge in [0.2, 0.25) is 5.76 Å². The minimum absolute atomic E-state index is 0.0425. The smallest absolute Gasteiger partial charge is 0.373 e. The molecule has 4 nitrogen and oxygen atoms in total. The SMILES string of the molecule is CCOC(=O)C(O)=CC(=O)c1cccc(F)c1. The number of benzene rings is 1. The second-order valence-corrected chi connectivity index (χ2v) is 3.12. The van der Waals surface area contributed by atoms with E-state index >= 15 is 0 Å². The number of halogens is 1. The highest BCUT2D eigenvalue weighted by atomic mass is 19.1. The van der Waals surface area contributed by atoms with Gasteiger partial charge in [0.25, 0.3) is 0 Å². The molecule has 0 aliphatic carbocycles. The van der Waals surface area contributed by atoms with Crippen LogP contribution in [0.2, 0.25) is 0 Å². The lowest BCUT2D eigenvalue weighted by atomic mass is 10.1. The van der Waals surface area contributed by atoms with Crippen LogP contribution < -0.4 is 0 Å². The predicted molar refractivity (Wildman–Crippen MR) is 58.1 cm³/mol. The Balaban J connectivity index is 2.85. The summed E-state index contributed by atoms with van der Waals surface area (Å²) in [6.07, 6.45) is 0.701. The third kappa shape index (κ3) is 3.71. The van der Waals surface area contributed by atoms with Crippen molar-refractivity contribution in [3.63, 3.8) is 0 Å². The Kier molecular flexibility index (Phi) is 4.39. The van der Waals surface area contributed by atoms with E-state index in [9.17, 15) is 19.1 Å². The molecule has 0 fully saturated rings. The van der Waals surface area contributed by atoms with Crippen LogP contribution in [0.1, 0.15) is 17.3 Å². The largest absolute Gasteiger partial charge is 0.502 e. The highest BCUT2D eigenvalue weighted by molar-refractivity contribution is 6.07. The molecule has 0 heterocycles. The molecule has 0 atom stereocenters. The molecule has 1 aromatic carbocycles. The van der Waals surface area contributed by atoms with Gasteiger partial charge in [-0.05, 0) is 19.1 Å². The number of carbonyl (C=O) groups is 2. The summed E-state index contributed by atoms with van der Waals surface area (Å²) < 4.78 is 17.3. The zero-order valence-corrected chi connectivity index (χ0v) is 9.14. The number of aliphatic hydroxyl groups excluding tert-OH is 1. The summed E-state index contributed by atoms with van der Waals surface area (Å²) in [5.41, 5.74) is 0.0425. The van der Waals surface area contributed by atoms with Crippen molar-refractivity contribution in [3.05, 3.63) is 47.5 Å². The summed E-state index contributed by atoms with van der Waals surface area (Å²) in [5, 5.41) is 9.22. The Morgan fingerprint density at radius 2 is 2.18 bits per heavy atom. The van der Waals surface area contributed by atoms with Gasteiger partial charge in [0, 0.05) is 11.6 Å². The van der Waals surface area contributed by atoms with E-state index < -0.39 is 23.3 Å². The summed E-state index contributed by atoms with van der Waals surface area (Å²) in [4.78, 5) is 22.5. The minimum atomic E-state index is -0.989. The molecule has 0 saturated carbocycles. The fourth-order valence-corrected chi connectivity index (χ4v) is 1.11. The van der Waals surface area contributed by atoms with Crippen LogP contribution in [-0.4, -0.2) is 23.5 Å². The zero-order valence-electron chi connectivity index (χ0n) is 9.14. The molecule has 0 aliphatic rings. The van der Waals surface area contributed by atoms with Gasteiger partial charge in [0.1, 0.15) is 5.82 Å². The minimum Gasteiger partial charge on any atom is -0.502 e. The highest BCUT2D eigenvalue weighted by Crippen LogP contribution is 2.06. The lowest BCUT2D eigenvalue weighted by Crippen LogP contribution is -2.09. The van der Waals surface area contributed by atoms with Crippen LogP contribution in [0.4, 0.5) is 4.39 Å². The highest BCUT2D eigenvalue weighted by Gasteiger charge is 2.12. The second kappa shape index (κ2) is 5.79. The van der Waals surface area contributed by atoms with E-state index in [0.29, 0.717) is 6.08 Å². The maximum absolute atomic E-state index is 12.8. The topological polar surface area (TPSA) is 63.6 Å². The maximum atomic E-state index is 12.8. The monoisotopic (exact) mass is 238 g/mol. The van der Waals surface area contributed by atoms with E-state index in [2.05, 4.69) is 4.74 Å². The standard InChI is InChI=1S/C12H11FO4/c1-2-17-12(16)11(15)7-10(14)8-4-3-5-9(13)6-8/h3-7,15H,2H2,1H3. The summed E-state index contributed by atoms with van der Waals surface area (Å²) >= 11 is 0. The van der Waals surface area contributed by atoms with Gasteiger partial charge in [-0.15, -0.1) is 0 Å². The fourth-order valence-electron chi connectivity index (χ4n) is 1.11. The molecule has 0 unspecified atom stereocenters. The van der Waals surface area contributed by atoms with Crippen molar-refractivity contribution in [2.24, 2.45) is 0 Å². The first-order valence-corrected chi connectivity index (χ1v) is 4.92. The first-order chi connectivity index (χ1) is 8.04. The number of allylic oxidation sites excluding steroid dienone is 1. The van der Waals surface area contributed by atoms with E-state index in [4.69, 9.17) is 0 Å². The second-order valence-electron chi connectivity index (χ2n) is 3.12. The molecule has 1 N–H and O–H groups in total. The Morgan fingerprint density at radius 3 is 2.76 bits per heavy atom. The van der Waals surface area contributed by atoms with Gasteiger partial charge in [-0.1, -0.05) is 12.1 Å². The number of hydrogen-bond donors (Lipinski definition) is 1. The molecule has 0 aromatic heterocycles. The van der Waals surface area contributed by atoms with E-state index in [-0.39, 0.29) is 12.2 Å². The predicted octanol–water partition coefficient (Wildman–Crippen LogP) is 2.01. The van der Waals surface area contributed by atoms with Gasteiger partial charge in [-0.25, -0.2) is 9.18 Å². The average Bonchev–Trinajstić information content (AvgIpc) is 2.29. The Bertz CT molecular complexity index is 465. The summed E-state index contributed by atoms with van der Waals surface area (Å²) in [7, 11) is 0. The van der Waals surface area contributed by atoms with Gasteiger partial charge in [0.15, 0.2) is 5.78 Å². The lowest BCUT2D eigenvalue weighted by molar-refractivity contribution is -0.141. The van der Waals surface area contributed by atoms with E-state index in [1.54, 1.807) is 6.92 Å². The van der Waals surface area contributed by atoms with Gasteiger partial charge < -0.3 is 9.84 Å². The molecule has 17 heavy (non-hydrogen) atoms. The molecule has 0 amide bonds. The molecule has 5 heteroatoms. The van der Waals surface area contributed by atoms with Crippen LogP contribution in [0.5, 0.6) is 0 Å². The van der Waals surface area contributed by atoms with Crippen LogP contribution in [-0.2, 0) is 9.53 Å². The quantitative estimate of drug-likeness (QED) is 0.377. The number of carbonyl (C=O) groups excluding carboxylic acids is 2. The molecule has 0 saturated heterocycles. The van der Waals surface area contributed by atoms with Crippen LogP contribution >= 0.6 is 0 Å². The van der Waals surface area contributed by atoms with E-state index in [0.717, 1.165) is 6.07 Å². The lowest BCUT2D eigenvalue weighted by Gasteiger charge is -2.00. The molecular formula is C12H11FO4. The van der Waals surface area contributed by atoms with Crippen molar-refractivity contribution in [1.29, 1.82) is 0 Å². The van der Waals surface area contributed by atoms with Crippen molar-refractivity contribution >= 4 is 11.8 Å². The third-order valence-corrected chi connectivity index (χ3v) is 1.86. The van der Waals surface area contributed by atoms with Gasteiger partial charge in [-0.3, -0.25) is 4.79 Å². The fraction of sp³-hybridized carbons (Fsp3) is 0.167. The first kappa shape index (κ1) is 12.9. The van der Waals surface area contributed by atoms with Crippen molar-refractivity contribution in [2.75, 3.05) is 6.61 Å². The Labute approximate surface area is 97.3 Å². The van der Waals surface area contributed by atoms with Crippen molar-refractivity contribution in [2.45, 2.75) is 6.92 Å². The third-order valence-electron chi connectivity index (χ3n) is 1.86. The van der Waals surface area contributed by atoms with Crippen LogP contribution in [0, 0.1) is 5.82 Å². The summed E-state index contributed by atoms with van der Waals surface area (Å²) in [6.45, 7) is 1.66. The van der Waals surface area contributed by atoms with Crippen LogP contribution in [0.25, 0.3) is 0 Å². The molecule has 0 bridgehead atoms. The van der Waals surface area contributed by atoms with Gasteiger partial charge in [-0.2, -0.15) is 0 Å². The summed E-state index contributed by atoms with van der Waals surface area (Å²) in [5.74, 6) is -3.03. The number of ether oxygens (including phenoxy) is 1. The van der Waals surface area contributed by atoms with Crippen molar-refractivity contribution < 1.29 is 23.8 Å². The molecule has 0 spiro atoms. The molecule has 1 aromatic rings. The van der Waals surface area contributed by atoms with Gasteiger partial charge >= 0.3 is 5.97 Å². The number of aliphatic hydroxyl groups is 1. The summed E-state index contributed by atoms with van der Waals surface area (Å²) in [6, 6.07) is 4.93. The van der Waals surface area contributed by atoms with Crippen molar-refractivity contribution in [3.8, 4) is 0 Å². The number of ketones is 1. The molecule has 1 rings (SSSR count). The van der Waals surface area contributed by atoms with Crippen molar-refractivity contribution in [1.82, 2.24) is 0 Å². The van der Waals surface area contributed by atoms with E-state index in [1.165, 1.54) is 18.2 Å². The van der Waals surface area contributed by atoms with Crippen LogP contribution in [0.15, 0.2) is 36.1 Å². The number of rotatable bonds is 4. The van der Waals surface area contributed by atoms with Crippen LogP contribution in [0.3, 0.4) is 0 Å². The first-order valence-electron chi connectivity index (χ1n) is 4.92. The Hall–Kier alpha value is -2.17. The molecule has 0 aliphatic heterocycles. The average molecular weight is 238 g/mol. The number of hydrogen-bond acceptors (Lipinski definition) is 4. The van der Waals surface area contributed by atoms with E-state index in [1.807, 2.05) is 0 Å². The number of esters is 1. The molecular weight excluding hydrogens is 227 g/mol. The Morgan fingerprint density at radius 1 is 1.47 bits per heavy atom. The molecule has 0 radical (unpaired) electrons.